The molecule has 5 heteroatoms. The number of β-amino-alcohol motifs (C(OH)–C–C–N with tert-alkyl or cyclic N) is 1. The second-order valence-electron chi connectivity index (χ2n) is 7.46. The molecule has 3 aromatic carbocycles. The third-order valence-electron chi connectivity index (χ3n) is 5.44. The van der Waals surface area contributed by atoms with Gasteiger partial charge in [-0.2, -0.15) is 0 Å². The minimum absolute atomic E-state index is 0.303. The van der Waals surface area contributed by atoms with E-state index in [1.807, 2.05) is 36.4 Å². The zero-order valence-electron chi connectivity index (χ0n) is 16.8. The highest BCUT2D eigenvalue weighted by atomic mass is 16.5. The SMILES string of the molecule is COc1ccc(N2CCN(C[C@H](O)COc3ccc4ccccc4c3)CC2)cc1. The summed E-state index contributed by atoms with van der Waals surface area (Å²) < 4.78 is 11.1. The lowest BCUT2D eigenvalue weighted by Crippen LogP contribution is -2.49. The van der Waals surface area contributed by atoms with Gasteiger partial charge in [0.1, 0.15) is 24.2 Å². The molecule has 152 valence electrons. The van der Waals surface area contributed by atoms with Crippen LogP contribution in [-0.4, -0.2) is 62.6 Å². The Labute approximate surface area is 172 Å². The van der Waals surface area contributed by atoms with E-state index in [0.29, 0.717) is 13.2 Å². The third kappa shape index (κ3) is 5.00. The number of anilines is 1. The summed E-state index contributed by atoms with van der Waals surface area (Å²) in [4.78, 5) is 4.67. The second-order valence-corrected chi connectivity index (χ2v) is 7.46. The fourth-order valence-corrected chi connectivity index (χ4v) is 3.78. The maximum Gasteiger partial charge on any atom is 0.120 e. The summed E-state index contributed by atoms with van der Waals surface area (Å²) in [6, 6.07) is 22.4. The van der Waals surface area contributed by atoms with Crippen molar-refractivity contribution in [3.05, 3.63) is 66.7 Å². The number of hydrogen-bond acceptors (Lipinski definition) is 5. The highest BCUT2D eigenvalue weighted by Gasteiger charge is 2.20. The molecule has 1 fully saturated rings. The van der Waals surface area contributed by atoms with Crippen LogP contribution in [0.25, 0.3) is 10.8 Å². The Bertz CT molecular complexity index is 921. The van der Waals surface area contributed by atoms with Gasteiger partial charge in [0, 0.05) is 38.4 Å². The van der Waals surface area contributed by atoms with Crippen molar-refractivity contribution in [2.75, 3.05) is 51.3 Å². The maximum absolute atomic E-state index is 10.4. The monoisotopic (exact) mass is 392 g/mol. The van der Waals surface area contributed by atoms with Gasteiger partial charge < -0.3 is 19.5 Å². The number of ether oxygens (including phenoxy) is 2. The molecule has 1 aliphatic heterocycles. The normalized spacial score (nSPS) is 16.0. The van der Waals surface area contributed by atoms with Gasteiger partial charge in [0.15, 0.2) is 0 Å². The molecule has 29 heavy (non-hydrogen) atoms. The Morgan fingerprint density at radius 2 is 1.55 bits per heavy atom. The van der Waals surface area contributed by atoms with Crippen molar-refractivity contribution in [3.8, 4) is 11.5 Å². The van der Waals surface area contributed by atoms with Crippen molar-refractivity contribution < 1.29 is 14.6 Å². The molecule has 0 radical (unpaired) electrons. The summed E-state index contributed by atoms with van der Waals surface area (Å²) in [6.45, 7) is 4.69. The number of aliphatic hydroxyl groups excluding tert-OH is 1. The highest BCUT2D eigenvalue weighted by Crippen LogP contribution is 2.22. The maximum atomic E-state index is 10.4. The van der Waals surface area contributed by atoms with Crippen LogP contribution < -0.4 is 14.4 Å². The van der Waals surface area contributed by atoms with Gasteiger partial charge in [-0.3, -0.25) is 4.90 Å². The van der Waals surface area contributed by atoms with Crippen LogP contribution in [0.1, 0.15) is 0 Å². The van der Waals surface area contributed by atoms with Gasteiger partial charge in [-0.1, -0.05) is 30.3 Å². The number of hydrogen-bond donors (Lipinski definition) is 1. The third-order valence-corrected chi connectivity index (χ3v) is 5.44. The van der Waals surface area contributed by atoms with Crippen LogP contribution in [0.15, 0.2) is 66.7 Å². The average molecular weight is 392 g/mol. The molecule has 0 aromatic heterocycles. The average Bonchev–Trinajstić information content (AvgIpc) is 2.78. The zero-order chi connectivity index (χ0) is 20.1. The zero-order valence-corrected chi connectivity index (χ0v) is 16.8. The summed E-state index contributed by atoms with van der Waals surface area (Å²) in [5.41, 5.74) is 1.21. The second kappa shape index (κ2) is 9.16. The van der Waals surface area contributed by atoms with E-state index in [0.717, 1.165) is 43.1 Å². The predicted octanol–water partition coefficient (Wildman–Crippen LogP) is 3.41. The molecule has 0 amide bonds. The van der Waals surface area contributed by atoms with Gasteiger partial charge in [0.25, 0.3) is 0 Å². The van der Waals surface area contributed by atoms with Gasteiger partial charge in [-0.15, -0.1) is 0 Å². The van der Waals surface area contributed by atoms with Crippen molar-refractivity contribution in [2.45, 2.75) is 6.10 Å². The summed E-state index contributed by atoms with van der Waals surface area (Å²) in [7, 11) is 1.68. The van der Waals surface area contributed by atoms with E-state index < -0.39 is 6.10 Å². The number of nitrogens with zero attached hydrogens (tertiary/aromatic N) is 2. The highest BCUT2D eigenvalue weighted by molar-refractivity contribution is 5.83. The Morgan fingerprint density at radius 3 is 2.28 bits per heavy atom. The van der Waals surface area contributed by atoms with Gasteiger partial charge in [-0.25, -0.2) is 0 Å². The largest absolute Gasteiger partial charge is 0.497 e. The fraction of sp³-hybridized carbons (Fsp3) is 0.333. The molecule has 0 aliphatic carbocycles. The van der Waals surface area contributed by atoms with E-state index >= 15 is 0 Å². The standard InChI is InChI=1S/C24H28N2O3/c1-28-23-10-7-21(8-11-23)26-14-12-25(13-15-26)17-22(27)18-29-24-9-6-19-4-2-3-5-20(19)16-24/h2-11,16,22,27H,12-15,17-18H2,1H3/t22-/m0/s1. The minimum Gasteiger partial charge on any atom is -0.497 e. The molecule has 0 bridgehead atoms. The molecular weight excluding hydrogens is 364 g/mol. The Morgan fingerprint density at radius 1 is 0.862 bits per heavy atom. The van der Waals surface area contributed by atoms with Crippen LogP contribution in [0.2, 0.25) is 0 Å². The molecule has 1 N–H and O–H groups in total. The molecule has 3 aromatic rings. The molecule has 4 rings (SSSR count). The van der Waals surface area contributed by atoms with Crippen LogP contribution >= 0.6 is 0 Å². The van der Waals surface area contributed by atoms with Crippen molar-refractivity contribution >= 4 is 16.5 Å². The first-order valence-electron chi connectivity index (χ1n) is 10.1. The van der Waals surface area contributed by atoms with E-state index in [2.05, 4.69) is 40.1 Å². The topological polar surface area (TPSA) is 45.2 Å². The first-order valence-corrected chi connectivity index (χ1v) is 10.1. The van der Waals surface area contributed by atoms with Crippen LogP contribution in [0.3, 0.4) is 0 Å². The smallest absolute Gasteiger partial charge is 0.120 e. The van der Waals surface area contributed by atoms with Crippen molar-refractivity contribution in [1.29, 1.82) is 0 Å². The quantitative estimate of drug-likeness (QED) is 0.668. The Kier molecular flexibility index (Phi) is 6.17. The lowest BCUT2D eigenvalue weighted by atomic mass is 10.1. The number of aliphatic hydroxyl groups is 1. The number of benzene rings is 3. The number of rotatable bonds is 7. The number of methoxy groups -OCH3 is 1. The van der Waals surface area contributed by atoms with Gasteiger partial charge in [0.2, 0.25) is 0 Å². The van der Waals surface area contributed by atoms with Crippen LogP contribution in [0, 0.1) is 0 Å². The summed E-state index contributed by atoms with van der Waals surface area (Å²) in [5.74, 6) is 1.67. The van der Waals surface area contributed by atoms with Crippen molar-refractivity contribution in [3.63, 3.8) is 0 Å². The van der Waals surface area contributed by atoms with E-state index in [4.69, 9.17) is 9.47 Å². The van der Waals surface area contributed by atoms with E-state index in [1.165, 1.54) is 11.1 Å². The molecule has 1 atom stereocenters. The lowest BCUT2D eigenvalue weighted by Gasteiger charge is -2.36. The fourth-order valence-electron chi connectivity index (χ4n) is 3.78. The first-order chi connectivity index (χ1) is 14.2. The van der Waals surface area contributed by atoms with E-state index in [9.17, 15) is 5.11 Å². The molecule has 0 spiro atoms. The van der Waals surface area contributed by atoms with E-state index in [1.54, 1.807) is 7.11 Å². The number of piperazine rings is 1. The molecule has 0 saturated carbocycles. The van der Waals surface area contributed by atoms with Gasteiger partial charge in [0.05, 0.1) is 7.11 Å². The molecule has 1 saturated heterocycles. The molecule has 1 heterocycles. The molecule has 1 aliphatic rings. The summed E-state index contributed by atoms with van der Waals surface area (Å²) >= 11 is 0. The van der Waals surface area contributed by atoms with Crippen LogP contribution in [0.4, 0.5) is 5.69 Å². The van der Waals surface area contributed by atoms with E-state index in [-0.39, 0.29) is 0 Å². The van der Waals surface area contributed by atoms with Crippen molar-refractivity contribution in [2.24, 2.45) is 0 Å². The first kappa shape index (κ1) is 19.6. The Balaban J connectivity index is 1.23. The predicted molar refractivity (Wildman–Crippen MR) is 117 cm³/mol. The van der Waals surface area contributed by atoms with Crippen LogP contribution in [0.5, 0.6) is 11.5 Å². The summed E-state index contributed by atoms with van der Waals surface area (Å²) in [5, 5.41) is 12.8. The minimum atomic E-state index is -0.506. The van der Waals surface area contributed by atoms with Gasteiger partial charge in [-0.05, 0) is 47.2 Å². The lowest BCUT2D eigenvalue weighted by molar-refractivity contribution is 0.0663. The van der Waals surface area contributed by atoms with Crippen LogP contribution in [-0.2, 0) is 0 Å². The van der Waals surface area contributed by atoms with Gasteiger partial charge >= 0.3 is 0 Å². The molecule has 5 nitrogen and oxygen atoms in total. The number of fused-ring (bicyclic) bond motifs is 1. The van der Waals surface area contributed by atoms with Crippen molar-refractivity contribution in [1.82, 2.24) is 4.90 Å². The molecular formula is C24H28N2O3. The molecule has 0 unspecified atom stereocenters. The Hall–Kier alpha value is -2.76. The summed E-state index contributed by atoms with van der Waals surface area (Å²) in [6.07, 6.45) is -0.506.